The van der Waals surface area contributed by atoms with Gasteiger partial charge in [0.15, 0.2) is 0 Å². The molecule has 2 N–H and O–H groups in total. The molecule has 1 atom stereocenters. The molecule has 4 heteroatoms. The van der Waals surface area contributed by atoms with Gasteiger partial charge < -0.3 is 10.4 Å². The van der Waals surface area contributed by atoms with E-state index in [-0.39, 0.29) is 6.04 Å². The van der Waals surface area contributed by atoms with Crippen molar-refractivity contribution in [2.24, 2.45) is 0 Å². The number of aromatic nitrogens is 1. The number of carboxylic acid groups (broad SMARTS) is 1. The van der Waals surface area contributed by atoms with Gasteiger partial charge in [0.2, 0.25) is 0 Å². The molecule has 1 aliphatic rings. The van der Waals surface area contributed by atoms with Crippen molar-refractivity contribution in [2.45, 2.75) is 25.3 Å². The van der Waals surface area contributed by atoms with E-state index in [1.165, 1.54) is 5.56 Å². The Kier molecular flexibility index (Phi) is 3.37. The van der Waals surface area contributed by atoms with Crippen LogP contribution in [-0.4, -0.2) is 16.2 Å². The van der Waals surface area contributed by atoms with Gasteiger partial charge in [-0.2, -0.15) is 0 Å². The summed E-state index contributed by atoms with van der Waals surface area (Å²) in [4.78, 5) is 14.9. The van der Waals surface area contributed by atoms with Crippen LogP contribution < -0.4 is 5.32 Å². The van der Waals surface area contributed by atoms with Gasteiger partial charge in [-0.1, -0.05) is 12.1 Å². The molecule has 102 valence electrons. The van der Waals surface area contributed by atoms with Crippen molar-refractivity contribution in [1.29, 1.82) is 0 Å². The van der Waals surface area contributed by atoms with Gasteiger partial charge in [-0.15, -0.1) is 0 Å². The molecule has 3 rings (SSSR count). The number of hydrogen-bond acceptors (Lipinski definition) is 2. The summed E-state index contributed by atoms with van der Waals surface area (Å²) >= 11 is 0. The van der Waals surface area contributed by atoms with Crippen molar-refractivity contribution < 1.29 is 9.90 Å². The zero-order valence-corrected chi connectivity index (χ0v) is 11.0. The predicted molar refractivity (Wildman–Crippen MR) is 76.5 cm³/mol. The van der Waals surface area contributed by atoms with Gasteiger partial charge in [-0.3, -0.25) is 4.98 Å². The minimum atomic E-state index is -0.961. The zero-order chi connectivity index (χ0) is 13.9. The molecule has 0 aliphatic heterocycles. The third-order valence-electron chi connectivity index (χ3n) is 3.77. The Hall–Kier alpha value is -2.36. The number of amides is 1. The second-order valence-electron chi connectivity index (χ2n) is 5.04. The van der Waals surface area contributed by atoms with Crippen LogP contribution in [0, 0.1) is 0 Å². The third-order valence-corrected chi connectivity index (χ3v) is 3.77. The van der Waals surface area contributed by atoms with E-state index < -0.39 is 6.09 Å². The van der Waals surface area contributed by atoms with E-state index in [0.29, 0.717) is 0 Å². The smallest absolute Gasteiger partial charge is 0.405 e. The lowest BCUT2D eigenvalue weighted by atomic mass is 9.86. The summed E-state index contributed by atoms with van der Waals surface area (Å²) in [5.41, 5.74) is 4.55. The summed E-state index contributed by atoms with van der Waals surface area (Å²) in [5.74, 6) is 0. The van der Waals surface area contributed by atoms with Gasteiger partial charge in [0.1, 0.15) is 0 Å². The maximum Gasteiger partial charge on any atom is 0.405 e. The number of carbonyl (C=O) groups is 1. The van der Waals surface area contributed by atoms with E-state index in [9.17, 15) is 4.79 Å². The molecule has 0 saturated carbocycles. The summed E-state index contributed by atoms with van der Waals surface area (Å²) in [6.45, 7) is 0. The molecule has 1 aromatic heterocycles. The molecule has 0 spiro atoms. The Morgan fingerprint density at radius 3 is 2.75 bits per heavy atom. The lowest BCUT2D eigenvalue weighted by Crippen LogP contribution is -2.29. The van der Waals surface area contributed by atoms with Crippen LogP contribution in [0.3, 0.4) is 0 Å². The first kappa shape index (κ1) is 12.7. The summed E-state index contributed by atoms with van der Waals surface area (Å²) in [5, 5.41) is 11.6. The maximum absolute atomic E-state index is 10.9. The highest BCUT2D eigenvalue weighted by Gasteiger charge is 2.22. The van der Waals surface area contributed by atoms with Gasteiger partial charge in [0, 0.05) is 12.4 Å². The minimum absolute atomic E-state index is 0.0990. The largest absolute Gasteiger partial charge is 0.465 e. The van der Waals surface area contributed by atoms with E-state index in [1.54, 1.807) is 12.4 Å². The fraction of sp³-hybridized carbons (Fsp3) is 0.250. The van der Waals surface area contributed by atoms with Crippen LogP contribution in [0.1, 0.15) is 30.0 Å². The summed E-state index contributed by atoms with van der Waals surface area (Å²) in [6, 6.07) is 10.1. The molecule has 0 radical (unpaired) electrons. The lowest BCUT2D eigenvalue weighted by Gasteiger charge is -2.26. The molecular formula is C16H16N2O2. The van der Waals surface area contributed by atoms with Crippen molar-refractivity contribution in [3.63, 3.8) is 0 Å². The third kappa shape index (κ3) is 2.50. The normalized spacial score (nSPS) is 17.3. The SMILES string of the molecule is O=C(O)NC1CCCc2ccc(-c3ccncc3)cc21. The van der Waals surface area contributed by atoms with Crippen LogP contribution >= 0.6 is 0 Å². The first-order valence-electron chi connectivity index (χ1n) is 6.77. The molecule has 1 aromatic carbocycles. The van der Waals surface area contributed by atoms with Crippen LogP contribution in [0.15, 0.2) is 42.7 Å². The van der Waals surface area contributed by atoms with E-state index in [2.05, 4.69) is 28.5 Å². The van der Waals surface area contributed by atoms with Crippen molar-refractivity contribution in [2.75, 3.05) is 0 Å². The number of benzene rings is 1. The van der Waals surface area contributed by atoms with E-state index in [4.69, 9.17) is 5.11 Å². The Morgan fingerprint density at radius 1 is 1.20 bits per heavy atom. The van der Waals surface area contributed by atoms with Gasteiger partial charge in [-0.05, 0) is 59.7 Å². The van der Waals surface area contributed by atoms with E-state index in [1.807, 2.05) is 12.1 Å². The van der Waals surface area contributed by atoms with E-state index in [0.717, 1.165) is 36.0 Å². The summed E-state index contributed by atoms with van der Waals surface area (Å²) < 4.78 is 0. The van der Waals surface area contributed by atoms with Crippen molar-refractivity contribution in [1.82, 2.24) is 10.3 Å². The van der Waals surface area contributed by atoms with Gasteiger partial charge >= 0.3 is 6.09 Å². The average molecular weight is 268 g/mol. The molecule has 0 saturated heterocycles. The number of hydrogen-bond donors (Lipinski definition) is 2. The van der Waals surface area contributed by atoms with E-state index >= 15 is 0 Å². The molecule has 1 aliphatic carbocycles. The first-order chi connectivity index (χ1) is 9.74. The number of nitrogens with zero attached hydrogens (tertiary/aromatic N) is 1. The van der Waals surface area contributed by atoms with Gasteiger partial charge in [0.05, 0.1) is 6.04 Å². The lowest BCUT2D eigenvalue weighted by molar-refractivity contribution is 0.188. The molecule has 1 unspecified atom stereocenters. The standard InChI is InChI=1S/C16H16N2O2/c19-16(20)18-15-3-1-2-12-4-5-13(10-14(12)15)11-6-8-17-9-7-11/h4-10,15,18H,1-3H2,(H,19,20). The average Bonchev–Trinajstić information content (AvgIpc) is 2.47. The molecule has 1 amide bonds. The van der Waals surface area contributed by atoms with Crippen LogP contribution in [0.25, 0.3) is 11.1 Å². The first-order valence-corrected chi connectivity index (χ1v) is 6.77. The monoisotopic (exact) mass is 268 g/mol. The molecule has 2 aromatic rings. The van der Waals surface area contributed by atoms with Gasteiger partial charge in [-0.25, -0.2) is 4.79 Å². The highest BCUT2D eigenvalue weighted by atomic mass is 16.4. The molecule has 1 heterocycles. The fourth-order valence-corrected chi connectivity index (χ4v) is 2.82. The number of pyridine rings is 1. The van der Waals surface area contributed by atoms with Crippen LogP contribution in [0.4, 0.5) is 4.79 Å². The quantitative estimate of drug-likeness (QED) is 0.877. The predicted octanol–water partition coefficient (Wildman–Crippen LogP) is 3.39. The highest BCUT2D eigenvalue weighted by Crippen LogP contribution is 2.33. The summed E-state index contributed by atoms with van der Waals surface area (Å²) in [6.07, 6.45) is 5.47. The molecular weight excluding hydrogens is 252 g/mol. The van der Waals surface area contributed by atoms with Crippen molar-refractivity contribution in [3.8, 4) is 11.1 Å². The Bertz CT molecular complexity index is 626. The van der Waals surface area contributed by atoms with Crippen molar-refractivity contribution >= 4 is 6.09 Å². The van der Waals surface area contributed by atoms with Gasteiger partial charge in [0.25, 0.3) is 0 Å². The number of aryl methyl sites for hydroxylation is 1. The molecule has 0 bridgehead atoms. The Morgan fingerprint density at radius 2 is 2.00 bits per heavy atom. The fourth-order valence-electron chi connectivity index (χ4n) is 2.82. The molecule has 0 fully saturated rings. The highest BCUT2D eigenvalue weighted by molar-refractivity contribution is 5.67. The molecule has 20 heavy (non-hydrogen) atoms. The molecule has 4 nitrogen and oxygen atoms in total. The van der Waals surface area contributed by atoms with Crippen LogP contribution in [0.2, 0.25) is 0 Å². The van der Waals surface area contributed by atoms with Crippen molar-refractivity contribution in [3.05, 3.63) is 53.9 Å². The maximum atomic E-state index is 10.9. The van der Waals surface area contributed by atoms with Crippen LogP contribution in [0.5, 0.6) is 0 Å². The topological polar surface area (TPSA) is 62.2 Å². The van der Waals surface area contributed by atoms with Crippen LogP contribution in [-0.2, 0) is 6.42 Å². The second kappa shape index (κ2) is 5.33. The Balaban J connectivity index is 1.99. The zero-order valence-electron chi connectivity index (χ0n) is 11.0. The second-order valence-corrected chi connectivity index (χ2v) is 5.04. The number of rotatable bonds is 2. The number of fused-ring (bicyclic) bond motifs is 1. The summed E-state index contributed by atoms with van der Waals surface area (Å²) in [7, 11) is 0. The Labute approximate surface area is 117 Å². The number of nitrogens with one attached hydrogen (secondary N) is 1. The minimum Gasteiger partial charge on any atom is -0.465 e.